The molecule has 4 rings (SSSR count). The smallest absolute Gasteiger partial charge is 0.280 e. The summed E-state index contributed by atoms with van der Waals surface area (Å²) in [5.74, 6) is -0.173. The fourth-order valence-corrected chi connectivity index (χ4v) is 3.86. The van der Waals surface area contributed by atoms with Crippen molar-refractivity contribution in [2.45, 2.75) is 18.9 Å². The van der Waals surface area contributed by atoms with Crippen molar-refractivity contribution in [2.24, 2.45) is 0 Å². The van der Waals surface area contributed by atoms with Crippen molar-refractivity contribution in [1.29, 1.82) is 0 Å². The molecule has 2 aromatic heterocycles. The molecule has 1 aliphatic heterocycles. The zero-order valence-corrected chi connectivity index (χ0v) is 14.0. The highest BCUT2D eigenvalue weighted by Gasteiger charge is 2.25. The van der Waals surface area contributed by atoms with Gasteiger partial charge in [-0.05, 0) is 43.3 Å². The highest BCUT2D eigenvalue weighted by molar-refractivity contribution is 7.71. The first-order chi connectivity index (χ1) is 11.6. The number of hydrogen-bond donors (Lipinski definition) is 2. The van der Waals surface area contributed by atoms with Gasteiger partial charge in [0.15, 0.2) is 5.82 Å². The van der Waals surface area contributed by atoms with Gasteiger partial charge in [-0.25, -0.2) is 9.07 Å². The van der Waals surface area contributed by atoms with E-state index in [9.17, 15) is 9.18 Å². The van der Waals surface area contributed by atoms with Crippen molar-refractivity contribution in [3.8, 4) is 0 Å². The van der Waals surface area contributed by atoms with E-state index in [4.69, 9.17) is 17.0 Å². The summed E-state index contributed by atoms with van der Waals surface area (Å²) in [6.07, 6.45) is 1.57. The van der Waals surface area contributed by atoms with Gasteiger partial charge in [0.05, 0.1) is 4.88 Å². The molecule has 3 heterocycles. The van der Waals surface area contributed by atoms with E-state index in [1.165, 1.54) is 22.1 Å². The fourth-order valence-electron chi connectivity index (χ4n) is 2.71. The SMILES string of the molecule is O=C(Nn1c([C@H]2CCCO2)n[nH]c1=S)c1cc2c(F)cccc2s1. The van der Waals surface area contributed by atoms with E-state index in [-0.39, 0.29) is 22.6 Å². The molecule has 0 unspecified atom stereocenters. The molecule has 1 atom stereocenters. The van der Waals surface area contributed by atoms with Gasteiger partial charge in [-0.1, -0.05) is 6.07 Å². The van der Waals surface area contributed by atoms with E-state index in [1.54, 1.807) is 18.2 Å². The molecule has 3 aromatic rings. The number of H-pyrrole nitrogens is 1. The molecule has 0 spiro atoms. The Morgan fingerprint density at radius 2 is 2.42 bits per heavy atom. The van der Waals surface area contributed by atoms with Gasteiger partial charge in [0.2, 0.25) is 4.77 Å². The Morgan fingerprint density at radius 3 is 3.17 bits per heavy atom. The molecule has 1 fully saturated rings. The number of hydrogen-bond acceptors (Lipinski definition) is 5. The van der Waals surface area contributed by atoms with Crippen LogP contribution in [-0.4, -0.2) is 27.4 Å². The van der Waals surface area contributed by atoms with Gasteiger partial charge in [0, 0.05) is 16.7 Å². The molecular weight excluding hydrogens is 351 g/mol. The van der Waals surface area contributed by atoms with Crippen LogP contribution >= 0.6 is 23.6 Å². The summed E-state index contributed by atoms with van der Waals surface area (Å²) < 4.78 is 21.8. The first kappa shape index (κ1) is 15.4. The number of nitrogens with one attached hydrogen (secondary N) is 2. The van der Waals surface area contributed by atoms with E-state index in [2.05, 4.69) is 15.6 Å². The molecule has 9 heteroatoms. The molecule has 0 saturated carbocycles. The van der Waals surface area contributed by atoms with Gasteiger partial charge >= 0.3 is 0 Å². The van der Waals surface area contributed by atoms with Crippen LogP contribution in [-0.2, 0) is 4.74 Å². The van der Waals surface area contributed by atoms with Gasteiger partial charge in [-0.15, -0.1) is 11.3 Å². The standard InChI is InChI=1S/C15H13FN4O2S2/c16-9-3-1-5-11-8(9)7-12(24-11)14(21)19-20-13(17-18-15(20)23)10-4-2-6-22-10/h1,3,5,7,10H,2,4,6H2,(H,18,23)(H,19,21)/t10-/m1/s1. The Morgan fingerprint density at radius 1 is 1.54 bits per heavy atom. The van der Waals surface area contributed by atoms with Crippen LogP contribution in [0.15, 0.2) is 24.3 Å². The first-order valence-corrected chi connectivity index (χ1v) is 8.64. The largest absolute Gasteiger partial charge is 0.370 e. The summed E-state index contributed by atoms with van der Waals surface area (Å²) in [6, 6.07) is 6.32. The van der Waals surface area contributed by atoms with Crippen LogP contribution in [0.4, 0.5) is 4.39 Å². The van der Waals surface area contributed by atoms with Gasteiger partial charge < -0.3 is 4.74 Å². The second-order valence-corrected chi connectivity index (χ2v) is 6.90. The third-order valence-electron chi connectivity index (χ3n) is 3.86. The maximum absolute atomic E-state index is 13.8. The summed E-state index contributed by atoms with van der Waals surface area (Å²) in [4.78, 5) is 12.9. The highest BCUT2D eigenvalue weighted by atomic mass is 32.1. The second kappa shape index (κ2) is 6.08. The summed E-state index contributed by atoms with van der Waals surface area (Å²) in [5, 5.41) is 7.26. The van der Waals surface area contributed by atoms with Crippen molar-refractivity contribution in [3.63, 3.8) is 0 Å². The Balaban J connectivity index is 1.65. The lowest BCUT2D eigenvalue weighted by molar-refractivity contribution is 0.0971. The van der Waals surface area contributed by atoms with Crippen LogP contribution in [0.2, 0.25) is 0 Å². The number of halogens is 1. The monoisotopic (exact) mass is 364 g/mol. The number of fused-ring (bicyclic) bond motifs is 1. The zero-order valence-electron chi connectivity index (χ0n) is 12.4. The molecule has 0 aliphatic carbocycles. The number of ether oxygens (including phenoxy) is 1. The molecule has 24 heavy (non-hydrogen) atoms. The molecule has 1 amide bonds. The zero-order chi connectivity index (χ0) is 16.7. The van der Waals surface area contributed by atoms with Crippen molar-refractivity contribution >= 4 is 39.5 Å². The van der Waals surface area contributed by atoms with Crippen molar-refractivity contribution < 1.29 is 13.9 Å². The van der Waals surface area contributed by atoms with Gasteiger partial charge in [-0.3, -0.25) is 15.3 Å². The maximum atomic E-state index is 13.8. The average molecular weight is 364 g/mol. The quantitative estimate of drug-likeness (QED) is 0.698. The van der Waals surface area contributed by atoms with E-state index >= 15 is 0 Å². The van der Waals surface area contributed by atoms with Crippen LogP contribution < -0.4 is 5.43 Å². The Hall–Kier alpha value is -2.10. The summed E-state index contributed by atoms with van der Waals surface area (Å²) in [7, 11) is 0. The van der Waals surface area contributed by atoms with Gasteiger partial charge in [0.25, 0.3) is 5.91 Å². The minimum absolute atomic E-state index is 0.196. The van der Waals surface area contributed by atoms with Crippen LogP contribution in [0.3, 0.4) is 0 Å². The number of nitrogens with zero attached hydrogens (tertiary/aromatic N) is 2. The minimum atomic E-state index is -0.368. The first-order valence-electron chi connectivity index (χ1n) is 7.42. The summed E-state index contributed by atoms with van der Waals surface area (Å²) >= 11 is 6.40. The Bertz CT molecular complexity index is 971. The van der Waals surface area contributed by atoms with Crippen LogP contribution in [0.25, 0.3) is 10.1 Å². The molecule has 0 radical (unpaired) electrons. The van der Waals surface area contributed by atoms with Gasteiger partial charge in [-0.2, -0.15) is 5.10 Å². The maximum Gasteiger partial charge on any atom is 0.280 e. The molecule has 1 aliphatic rings. The lowest BCUT2D eigenvalue weighted by Crippen LogP contribution is -2.25. The molecule has 1 aromatic carbocycles. The highest BCUT2D eigenvalue weighted by Crippen LogP contribution is 2.29. The Kier molecular flexibility index (Phi) is 3.91. The molecule has 6 nitrogen and oxygen atoms in total. The number of aromatic amines is 1. The average Bonchev–Trinajstić information content (AvgIpc) is 3.28. The third kappa shape index (κ3) is 2.64. The minimum Gasteiger partial charge on any atom is -0.370 e. The number of thiophene rings is 1. The molecular formula is C15H13FN4O2S2. The third-order valence-corrected chi connectivity index (χ3v) is 5.23. The van der Waals surface area contributed by atoms with E-state index < -0.39 is 0 Å². The number of carbonyl (C=O) groups excluding carboxylic acids is 1. The lowest BCUT2D eigenvalue weighted by atomic mass is 10.2. The predicted molar refractivity (Wildman–Crippen MR) is 90.8 cm³/mol. The van der Waals surface area contributed by atoms with Crippen LogP contribution in [0.5, 0.6) is 0 Å². The topological polar surface area (TPSA) is 71.9 Å². The molecule has 0 bridgehead atoms. The predicted octanol–water partition coefficient (Wildman–Crippen LogP) is 3.53. The number of carbonyl (C=O) groups is 1. The lowest BCUT2D eigenvalue weighted by Gasteiger charge is -2.11. The van der Waals surface area contributed by atoms with Crippen molar-refractivity contribution in [2.75, 3.05) is 12.0 Å². The number of benzene rings is 1. The van der Waals surface area contributed by atoms with E-state index in [0.717, 1.165) is 17.5 Å². The Labute approximate surface area is 145 Å². The van der Waals surface area contributed by atoms with E-state index in [1.807, 2.05) is 0 Å². The summed E-state index contributed by atoms with van der Waals surface area (Å²) in [6.45, 7) is 0.661. The second-order valence-electron chi connectivity index (χ2n) is 5.43. The van der Waals surface area contributed by atoms with Crippen molar-refractivity contribution in [1.82, 2.24) is 14.9 Å². The molecule has 1 saturated heterocycles. The molecule has 2 N–H and O–H groups in total. The van der Waals surface area contributed by atoms with Crippen LogP contribution in [0.1, 0.15) is 34.4 Å². The van der Waals surface area contributed by atoms with E-state index in [0.29, 0.717) is 22.7 Å². The number of aromatic nitrogens is 3. The van der Waals surface area contributed by atoms with Gasteiger partial charge in [0.1, 0.15) is 11.9 Å². The number of rotatable bonds is 3. The number of amides is 1. The normalized spacial score (nSPS) is 17.5. The van der Waals surface area contributed by atoms with Crippen molar-refractivity contribution in [3.05, 3.63) is 45.6 Å². The molecule has 124 valence electrons. The summed E-state index contributed by atoms with van der Waals surface area (Å²) in [5.41, 5.74) is 2.72. The van der Waals surface area contributed by atoms with Crippen LogP contribution in [0, 0.1) is 10.6 Å². The fraction of sp³-hybridized carbons (Fsp3) is 0.267.